The second-order valence-corrected chi connectivity index (χ2v) is 6.28. The van der Waals surface area contributed by atoms with Crippen molar-refractivity contribution in [3.63, 3.8) is 0 Å². The summed E-state index contributed by atoms with van der Waals surface area (Å²) in [5.74, 6) is 0.0342. The highest BCUT2D eigenvalue weighted by Crippen LogP contribution is 2.32. The highest BCUT2D eigenvalue weighted by molar-refractivity contribution is 7.99. The van der Waals surface area contributed by atoms with Crippen molar-refractivity contribution in [1.29, 1.82) is 0 Å². The van der Waals surface area contributed by atoms with Gasteiger partial charge in [-0.2, -0.15) is 5.10 Å². The van der Waals surface area contributed by atoms with Gasteiger partial charge in [0.1, 0.15) is 0 Å². The summed E-state index contributed by atoms with van der Waals surface area (Å²) < 4.78 is 1.73. The lowest BCUT2D eigenvalue weighted by molar-refractivity contribution is -0.113. The maximum atomic E-state index is 12.0. The Balaban J connectivity index is 2.01. The van der Waals surface area contributed by atoms with Crippen LogP contribution in [0.4, 0.5) is 11.4 Å². The fourth-order valence-corrected chi connectivity index (χ4v) is 3.15. The number of nitrogens with zero attached hydrogens (tertiary/aromatic N) is 2. The number of carbonyl (C=O) groups excluding carboxylic acids is 1. The fraction of sp³-hybridized carbons (Fsp3) is 0.231. The van der Waals surface area contributed by atoms with Gasteiger partial charge in [-0.3, -0.25) is 9.48 Å². The smallest absolute Gasteiger partial charge is 0.234 e. The van der Waals surface area contributed by atoms with Gasteiger partial charge in [0.15, 0.2) is 0 Å². The first-order valence-corrected chi connectivity index (χ1v) is 7.79. The number of hydrogen-bond donors (Lipinski definition) is 2. The quantitative estimate of drug-likeness (QED) is 0.658. The zero-order valence-electron chi connectivity index (χ0n) is 11.5. The zero-order chi connectivity index (χ0) is 15.6. The molecule has 0 spiro atoms. The summed E-state index contributed by atoms with van der Waals surface area (Å²) in [6.45, 7) is 1.90. The molecule has 0 aliphatic rings. The van der Waals surface area contributed by atoms with E-state index in [0.29, 0.717) is 21.4 Å². The van der Waals surface area contributed by atoms with Crippen LogP contribution in [0.3, 0.4) is 0 Å². The van der Waals surface area contributed by atoms with Gasteiger partial charge in [0.05, 0.1) is 32.9 Å². The minimum absolute atomic E-state index is 0.199. The molecular weight excluding hydrogens is 331 g/mol. The van der Waals surface area contributed by atoms with Crippen LogP contribution in [0, 0.1) is 6.92 Å². The Morgan fingerprint density at radius 1 is 1.43 bits per heavy atom. The molecule has 5 nitrogen and oxygen atoms in total. The van der Waals surface area contributed by atoms with Crippen LogP contribution < -0.4 is 11.1 Å². The molecule has 1 aromatic carbocycles. The minimum Gasteiger partial charge on any atom is -0.397 e. The molecule has 0 saturated carbocycles. The van der Waals surface area contributed by atoms with Crippen LogP contribution in [0.5, 0.6) is 0 Å². The number of aryl methyl sites for hydroxylation is 2. The molecule has 0 saturated heterocycles. The molecule has 0 atom stereocenters. The molecule has 1 aromatic heterocycles. The number of thioether (sulfide) groups is 1. The van der Waals surface area contributed by atoms with E-state index in [0.717, 1.165) is 10.7 Å². The lowest BCUT2D eigenvalue weighted by Crippen LogP contribution is -2.16. The van der Waals surface area contributed by atoms with E-state index in [1.54, 1.807) is 10.7 Å². The molecule has 21 heavy (non-hydrogen) atoms. The molecule has 0 aliphatic carbocycles. The van der Waals surface area contributed by atoms with Crippen molar-refractivity contribution in [2.24, 2.45) is 7.05 Å². The van der Waals surface area contributed by atoms with E-state index in [-0.39, 0.29) is 11.7 Å². The number of aromatic nitrogens is 2. The van der Waals surface area contributed by atoms with E-state index in [1.807, 2.05) is 20.0 Å². The van der Waals surface area contributed by atoms with Gasteiger partial charge in [0.25, 0.3) is 0 Å². The Bertz CT molecular complexity index is 664. The van der Waals surface area contributed by atoms with E-state index >= 15 is 0 Å². The third-order valence-corrected chi connectivity index (χ3v) is 4.26. The molecule has 0 fully saturated rings. The van der Waals surface area contributed by atoms with Crippen molar-refractivity contribution >= 4 is 52.2 Å². The summed E-state index contributed by atoms with van der Waals surface area (Å²) in [6, 6.07) is 4.99. The fourth-order valence-electron chi connectivity index (χ4n) is 1.76. The molecule has 0 aliphatic heterocycles. The molecule has 1 amide bonds. The van der Waals surface area contributed by atoms with Crippen LogP contribution in [0.15, 0.2) is 23.2 Å². The Labute approximate surface area is 136 Å². The molecule has 2 rings (SSSR count). The third-order valence-electron chi connectivity index (χ3n) is 2.66. The summed E-state index contributed by atoms with van der Waals surface area (Å²) in [5, 5.41) is 8.57. The molecule has 2 aromatic rings. The second-order valence-electron chi connectivity index (χ2n) is 4.44. The lowest BCUT2D eigenvalue weighted by Gasteiger charge is -2.10. The second kappa shape index (κ2) is 6.60. The average molecular weight is 345 g/mol. The van der Waals surface area contributed by atoms with Gasteiger partial charge in [0, 0.05) is 12.1 Å². The number of amides is 1. The molecule has 3 N–H and O–H groups in total. The maximum Gasteiger partial charge on any atom is 0.234 e. The number of halogens is 2. The number of nitrogen functional groups attached to an aromatic ring is 1. The van der Waals surface area contributed by atoms with E-state index in [4.69, 9.17) is 28.9 Å². The number of benzene rings is 1. The molecule has 112 valence electrons. The van der Waals surface area contributed by atoms with Crippen LogP contribution in [0.25, 0.3) is 0 Å². The van der Waals surface area contributed by atoms with Crippen LogP contribution in [-0.4, -0.2) is 21.4 Å². The Hall–Kier alpha value is -1.37. The summed E-state index contributed by atoms with van der Waals surface area (Å²) in [5.41, 5.74) is 7.43. The SMILES string of the molecule is Cc1cc(SCC(=O)Nc2c(N)cc(Cl)cc2Cl)n(C)n1. The molecule has 1 heterocycles. The first kappa shape index (κ1) is 16.0. The molecular formula is C13H14Cl2N4OS. The average Bonchev–Trinajstić information content (AvgIpc) is 2.69. The van der Waals surface area contributed by atoms with Crippen LogP contribution in [0.1, 0.15) is 5.69 Å². The van der Waals surface area contributed by atoms with Crippen molar-refractivity contribution in [2.75, 3.05) is 16.8 Å². The number of nitrogens with two attached hydrogens (primary N) is 1. The topological polar surface area (TPSA) is 72.9 Å². The molecule has 0 unspecified atom stereocenters. The standard InChI is InChI=1S/C13H14Cl2N4OS/c1-7-3-12(19(2)18-7)21-6-11(20)17-13-9(15)4-8(14)5-10(13)16/h3-5H,6,16H2,1-2H3,(H,17,20). The Morgan fingerprint density at radius 2 is 2.14 bits per heavy atom. The number of carbonyl (C=O) groups is 1. The first-order valence-electron chi connectivity index (χ1n) is 6.04. The minimum atomic E-state index is -0.199. The van der Waals surface area contributed by atoms with Crippen LogP contribution in [-0.2, 0) is 11.8 Å². The molecule has 0 bridgehead atoms. The summed E-state index contributed by atoms with van der Waals surface area (Å²) >= 11 is 13.2. The summed E-state index contributed by atoms with van der Waals surface area (Å²) in [4.78, 5) is 12.0. The van der Waals surface area contributed by atoms with Gasteiger partial charge >= 0.3 is 0 Å². The number of rotatable bonds is 4. The van der Waals surface area contributed by atoms with Crippen molar-refractivity contribution in [2.45, 2.75) is 11.9 Å². The van der Waals surface area contributed by atoms with Crippen molar-refractivity contribution in [3.8, 4) is 0 Å². The van der Waals surface area contributed by atoms with Gasteiger partial charge in [-0.1, -0.05) is 35.0 Å². The first-order chi connectivity index (χ1) is 9.86. The summed E-state index contributed by atoms with van der Waals surface area (Å²) in [7, 11) is 1.83. The van der Waals surface area contributed by atoms with E-state index < -0.39 is 0 Å². The molecule has 8 heteroatoms. The van der Waals surface area contributed by atoms with E-state index in [2.05, 4.69) is 10.4 Å². The Kier molecular flexibility index (Phi) is 5.03. The van der Waals surface area contributed by atoms with Gasteiger partial charge in [-0.25, -0.2) is 0 Å². The normalized spacial score (nSPS) is 10.7. The van der Waals surface area contributed by atoms with Crippen molar-refractivity contribution < 1.29 is 4.79 Å². The zero-order valence-corrected chi connectivity index (χ0v) is 13.8. The number of nitrogens with one attached hydrogen (secondary N) is 1. The van der Waals surface area contributed by atoms with Crippen molar-refractivity contribution in [3.05, 3.63) is 33.9 Å². The maximum absolute atomic E-state index is 12.0. The summed E-state index contributed by atoms with van der Waals surface area (Å²) in [6.07, 6.45) is 0. The highest BCUT2D eigenvalue weighted by atomic mass is 35.5. The van der Waals surface area contributed by atoms with Gasteiger partial charge in [-0.15, -0.1) is 0 Å². The number of anilines is 2. The van der Waals surface area contributed by atoms with Crippen LogP contribution in [0.2, 0.25) is 10.0 Å². The van der Waals surface area contributed by atoms with Crippen molar-refractivity contribution in [1.82, 2.24) is 9.78 Å². The predicted molar refractivity (Wildman–Crippen MR) is 88.2 cm³/mol. The van der Waals surface area contributed by atoms with Crippen LogP contribution >= 0.6 is 35.0 Å². The molecule has 0 radical (unpaired) electrons. The predicted octanol–water partition coefficient (Wildman–Crippen LogP) is 3.35. The monoisotopic (exact) mass is 344 g/mol. The number of hydrogen-bond acceptors (Lipinski definition) is 4. The highest BCUT2D eigenvalue weighted by Gasteiger charge is 2.12. The third kappa shape index (κ3) is 4.06. The van der Waals surface area contributed by atoms with E-state index in [1.165, 1.54) is 17.8 Å². The van der Waals surface area contributed by atoms with Gasteiger partial charge in [-0.05, 0) is 25.1 Å². The van der Waals surface area contributed by atoms with Gasteiger partial charge in [0.2, 0.25) is 5.91 Å². The van der Waals surface area contributed by atoms with E-state index in [9.17, 15) is 4.79 Å². The van der Waals surface area contributed by atoms with Gasteiger partial charge < -0.3 is 11.1 Å². The lowest BCUT2D eigenvalue weighted by atomic mass is 10.2. The Morgan fingerprint density at radius 3 is 2.71 bits per heavy atom. The largest absolute Gasteiger partial charge is 0.397 e.